The molecule has 162 valence electrons. The molecule has 0 spiro atoms. The first-order valence-corrected chi connectivity index (χ1v) is 11.4. The maximum absolute atomic E-state index is 13.3. The molecule has 2 rings (SSSR count). The lowest BCUT2D eigenvalue weighted by Gasteiger charge is -2.30. The van der Waals surface area contributed by atoms with E-state index >= 15 is 0 Å². The number of halogens is 1. The third-order valence-corrected chi connectivity index (χ3v) is 5.82. The van der Waals surface area contributed by atoms with Gasteiger partial charge in [-0.15, -0.1) is 11.8 Å². The largest absolute Gasteiger partial charge is 0.354 e. The molecule has 2 aromatic rings. The van der Waals surface area contributed by atoms with E-state index in [1.54, 1.807) is 28.8 Å². The smallest absolute Gasteiger partial charge is 0.242 e. The van der Waals surface area contributed by atoms with E-state index in [0.29, 0.717) is 25.1 Å². The summed E-state index contributed by atoms with van der Waals surface area (Å²) in [6, 6.07) is 13.7. The summed E-state index contributed by atoms with van der Waals surface area (Å²) in [4.78, 5) is 28.5. The fourth-order valence-corrected chi connectivity index (χ4v) is 3.95. The number of hydrogen-bond acceptors (Lipinski definition) is 3. The number of hydrogen-bond donors (Lipinski definition) is 1. The van der Waals surface area contributed by atoms with Crippen molar-refractivity contribution in [2.75, 3.05) is 12.3 Å². The van der Waals surface area contributed by atoms with Gasteiger partial charge in [0, 0.05) is 30.2 Å². The molecule has 1 N–H and O–H groups in total. The van der Waals surface area contributed by atoms with Crippen LogP contribution in [0, 0.1) is 12.7 Å². The molecule has 2 aromatic carbocycles. The topological polar surface area (TPSA) is 49.4 Å². The van der Waals surface area contributed by atoms with Crippen molar-refractivity contribution in [3.63, 3.8) is 0 Å². The van der Waals surface area contributed by atoms with Gasteiger partial charge in [0.1, 0.15) is 11.9 Å². The maximum Gasteiger partial charge on any atom is 0.242 e. The first kappa shape index (κ1) is 23.9. The van der Waals surface area contributed by atoms with E-state index < -0.39 is 6.04 Å². The van der Waals surface area contributed by atoms with Gasteiger partial charge in [0.2, 0.25) is 11.8 Å². The molecule has 0 aliphatic heterocycles. The second-order valence-corrected chi connectivity index (χ2v) is 8.44. The van der Waals surface area contributed by atoms with Gasteiger partial charge >= 0.3 is 0 Å². The Labute approximate surface area is 183 Å². The minimum Gasteiger partial charge on any atom is -0.354 e. The van der Waals surface area contributed by atoms with Crippen molar-refractivity contribution in [2.24, 2.45) is 0 Å². The lowest BCUT2D eigenvalue weighted by Crippen LogP contribution is -2.49. The molecule has 2 amide bonds. The third-order valence-electron chi connectivity index (χ3n) is 4.81. The SMILES string of the molecule is CCCNC(=O)C(CC)N(Cc1ccc(F)cc1)C(=O)CCSc1ccc(C)cc1. The van der Waals surface area contributed by atoms with Gasteiger partial charge in [-0.25, -0.2) is 4.39 Å². The van der Waals surface area contributed by atoms with Gasteiger partial charge < -0.3 is 10.2 Å². The highest BCUT2D eigenvalue weighted by molar-refractivity contribution is 7.99. The van der Waals surface area contributed by atoms with Crippen LogP contribution in [0.2, 0.25) is 0 Å². The van der Waals surface area contributed by atoms with Crippen molar-refractivity contribution in [3.8, 4) is 0 Å². The predicted molar refractivity (Wildman–Crippen MR) is 121 cm³/mol. The van der Waals surface area contributed by atoms with Crippen LogP contribution in [0.25, 0.3) is 0 Å². The minimum absolute atomic E-state index is 0.0718. The molecule has 4 nitrogen and oxygen atoms in total. The zero-order valence-electron chi connectivity index (χ0n) is 18.0. The number of thioether (sulfide) groups is 1. The maximum atomic E-state index is 13.3. The zero-order valence-corrected chi connectivity index (χ0v) is 18.8. The summed E-state index contributed by atoms with van der Waals surface area (Å²) in [6.45, 7) is 6.80. The third kappa shape index (κ3) is 7.48. The van der Waals surface area contributed by atoms with Crippen molar-refractivity contribution in [1.29, 1.82) is 0 Å². The first-order chi connectivity index (χ1) is 14.4. The van der Waals surface area contributed by atoms with Crippen LogP contribution >= 0.6 is 11.8 Å². The average Bonchev–Trinajstić information content (AvgIpc) is 2.74. The van der Waals surface area contributed by atoms with Gasteiger partial charge in [-0.1, -0.05) is 43.7 Å². The molecule has 0 aliphatic rings. The van der Waals surface area contributed by atoms with Crippen molar-refractivity contribution >= 4 is 23.6 Å². The molecular weight excluding hydrogens is 399 g/mol. The van der Waals surface area contributed by atoms with Crippen molar-refractivity contribution in [1.82, 2.24) is 10.2 Å². The van der Waals surface area contributed by atoms with Crippen LogP contribution in [-0.4, -0.2) is 35.1 Å². The number of aryl methyl sites for hydroxylation is 1. The Morgan fingerprint density at radius 1 is 1.07 bits per heavy atom. The lowest BCUT2D eigenvalue weighted by molar-refractivity contribution is -0.141. The summed E-state index contributed by atoms with van der Waals surface area (Å²) in [5, 5.41) is 2.90. The molecule has 1 unspecified atom stereocenters. The molecule has 30 heavy (non-hydrogen) atoms. The van der Waals surface area contributed by atoms with Crippen LogP contribution in [0.4, 0.5) is 4.39 Å². The summed E-state index contributed by atoms with van der Waals surface area (Å²) < 4.78 is 13.3. The van der Waals surface area contributed by atoms with E-state index in [4.69, 9.17) is 0 Å². The Kier molecular flexibility index (Phi) is 9.87. The highest BCUT2D eigenvalue weighted by atomic mass is 32.2. The van der Waals surface area contributed by atoms with Crippen LogP contribution in [0.1, 0.15) is 44.2 Å². The van der Waals surface area contributed by atoms with Crippen LogP contribution in [0.3, 0.4) is 0 Å². The molecule has 0 fully saturated rings. The summed E-state index contributed by atoms with van der Waals surface area (Å²) in [5.41, 5.74) is 2.00. The molecule has 1 atom stereocenters. The molecule has 0 aromatic heterocycles. The van der Waals surface area contributed by atoms with Gasteiger partial charge in [-0.3, -0.25) is 9.59 Å². The fraction of sp³-hybridized carbons (Fsp3) is 0.417. The zero-order chi connectivity index (χ0) is 21.9. The van der Waals surface area contributed by atoms with Crippen LogP contribution in [-0.2, 0) is 16.1 Å². The molecule has 6 heteroatoms. The summed E-state index contributed by atoms with van der Waals surface area (Å²) in [6.07, 6.45) is 1.69. The fourth-order valence-electron chi connectivity index (χ4n) is 3.11. The molecule has 0 aliphatic carbocycles. The van der Waals surface area contributed by atoms with E-state index in [1.807, 2.05) is 32.9 Å². The predicted octanol–water partition coefficient (Wildman–Crippen LogP) is 4.95. The molecule has 0 radical (unpaired) electrons. The van der Waals surface area contributed by atoms with Gasteiger partial charge in [0.05, 0.1) is 0 Å². The number of carbonyl (C=O) groups is 2. The normalized spacial score (nSPS) is 11.7. The van der Waals surface area contributed by atoms with Gasteiger partial charge in [0.25, 0.3) is 0 Å². The quantitative estimate of drug-likeness (QED) is 0.513. The second kappa shape index (κ2) is 12.4. The first-order valence-electron chi connectivity index (χ1n) is 10.5. The van der Waals surface area contributed by atoms with Crippen molar-refractivity contribution < 1.29 is 14.0 Å². The summed E-state index contributed by atoms with van der Waals surface area (Å²) in [5.74, 6) is 0.103. The van der Waals surface area contributed by atoms with Gasteiger partial charge in [-0.2, -0.15) is 0 Å². The number of carbonyl (C=O) groups excluding carboxylic acids is 2. The van der Waals surface area contributed by atoms with Crippen molar-refractivity contribution in [3.05, 3.63) is 65.5 Å². The van der Waals surface area contributed by atoms with Crippen LogP contribution < -0.4 is 5.32 Å². The van der Waals surface area contributed by atoms with Crippen LogP contribution in [0.5, 0.6) is 0 Å². The molecule has 0 saturated heterocycles. The molecule has 0 bridgehead atoms. The molecular formula is C24H31FN2O2S. The Bertz CT molecular complexity index is 809. The van der Waals surface area contributed by atoms with E-state index in [1.165, 1.54) is 17.7 Å². The highest BCUT2D eigenvalue weighted by Gasteiger charge is 2.28. The van der Waals surface area contributed by atoms with E-state index in [0.717, 1.165) is 16.9 Å². The monoisotopic (exact) mass is 430 g/mol. The number of benzene rings is 2. The Balaban J connectivity index is 2.09. The summed E-state index contributed by atoms with van der Waals surface area (Å²) in [7, 11) is 0. The number of rotatable bonds is 11. The number of nitrogens with zero attached hydrogens (tertiary/aromatic N) is 1. The molecule has 0 saturated carbocycles. The van der Waals surface area contributed by atoms with Gasteiger partial charge in [0.15, 0.2) is 0 Å². The van der Waals surface area contributed by atoms with Gasteiger partial charge in [-0.05, 0) is 49.6 Å². The average molecular weight is 431 g/mol. The van der Waals surface area contributed by atoms with E-state index in [2.05, 4.69) is 17.4 Å². The Morgan fingerprint density at radius 2 is 1.73 bits per heavy atom. The Morgan fingerprint density at radius 3 is 2.33 bits per heavy atom. The number of amides is 2. The second-order valence-electron chi connectivity index (χ2n) is 7.27. The highest BCUT2D eigenvalue weighted by Crippen LogP contribution is 2.21. The standard InChI is InChI=1S/C24H31FN2O2S/c1-4-15-26-24(29)22(5-2)27(17-19-8-10-20(25)11-9-19)23(28)14-16-30-21-12-6-18(3)7-13-21/h6-13,22H,4-5,14-17H2,1-3H3,(H,26,29). The number of nitrogens with one attached hydrogen (secondary N) is 1. The van der Waals surface area contributed by atoms with E-state index in [9.17, 15) is 14.0 Å². The summed E-state index contributed by atoms with van der Waals surface area (Å²) >= 11 is 1.63. The van der Waals surface area contributed by atoms with Crippen molar-refractivity contribution in [2.45, 2.75) is 57.5 Å². The van der Waals surface area contributed by atoms with Crippen LogP contribution in [0.15, 0.2) is 53.4 Å². The molecule has 0 heterocycles. The Hall–Kier alpha value is -2.34. The lowest BCUT2D eigenvalue weighted by atomic mass is 10.1. The minimum atomic E-state index is -0.543. The van der Waals surface area contributed by atoms with E-state index in [-0.39, 0.29) is 24.2 Å².